The molecule has 9 heteroatoms. The normalized spacial score (nSPS) is 17.9. The fraction of sp³-hybridized carbons (Fsp3) is 0.440. The van der Waals surface area contributed by atoms with Gasteiger partial charge in [0.25, 0.3) is 5.91 Å². The number of benzene rings is 2. The van der Waals surface area contributed by atoms with Crippen molar-refractivity contribution in [2.45, 2.75) is 38.0 Å². The van der Waals surface area contributed by atoms with Crippen molar-refractivity contribution in [2.75, 3.05) is 32.8 Å². The van der Waals surface area contributed by atoms with Gasteiger partial charge in [0.05, 0.1) is 5.56 Å². The average Bonchev–Trinajstić information content (AvgIpc) is 3.64. The van der Waals surface area contributed by atoms with E-state index in [9.17, 15) is 19.1 Å². The summed E-state index contributed by atoms with van der Waals surface area (Å²) in [6, 6.07) is 11.4. The van der Waals surface area contributed by atoms with E-state index in [1.807, 2.05) is 21.9 Å². The molecule has 2 fully saturated rings. The van der Waals surface area contributed by atoms with Crippen LogP contribution in [0.1, 0.15) is 35.2 Å². The molecule has 0 radical (unpaired) electrons. The van der Waals surface area contributed by atoms with Crippen LogP contribution in [0.2, 0.25) is 5.02 Å². The molecule has 7 nitrogen and oxygen atoms in total. The molecule has 2 aromatic carbocycles. The summed E-state index contributed by atoms with van der Waals surface area (Å²) in [5, 5.41) is 14.0. The van der Waals surface area contributed by atoms with E-state index in [0.29, 0.717) is 44.2 Å². The van der Waals surface area contributed by atoms with E-state index in [0.717, 1.165) is 24.5 Å². The minimum Gasteiger partial charge on any atom is -0.490 e. The lowest BCUT2D eigenvalue weighted by atomic mass is 10.2. The maximum absolute atomic E-state index is 13.8. The Hall–Kier alpha value is -2.68. The Balaban J connectivity index is 1.28. The molecule has 0 aromatic heterocycles. The van der Waals surface area contributed by atoms with Gasteiger partial charge in [-0.3, -0.25) is 14.5 Å². The van der Waals surface area contributed by atoms with Gasteiger partial charge >= 0.3 is 0 Å². The van der Waals surface area contributed by atoms with Gasteiger partial charge in [-0.05, 0) is 42.7 Å². The third kappa shape index (κ3) is 6.91. The van der Waals surface area contributed by atoms with Gasteiger partial charge in [0.2, 0.25) is 5.91 Å². The number of carbonyl (C=O) groups excluding carboxylic acids is 2. The number of amides is 2. The maximum Gasteiger partial charge on any atom is 0.255 e. The fourth-order valence-corrected chi connectivity index (χ4v) is 4.03. The molecule has 2 amide bonds. The largest absolute Gasteiger partial charge is 0.490 e. The van der Waals surface area contributed by atoms with Crippen molar-refractivity contribution >= 4 is 23.4 Å². The van der Waals surface area contributed by atoms with Gasteiger partial charge in [-0.15, -0.1) is 0 Å². The van der Waals surface area contributed by atoms with E-state index in [1.54, 1.807) is 12.1 Å². The van der Waals surface area contributed by atoms with Crippen LogP contribution in [0.5, 0.6) is 5.75 Å². The molecule has 1 unspecified atom stereocenters. The second-order valence-electron chi connectivity index (χ2n) is 8.85. The summed E-state index contributed by atoms with van der Waals surface area (Å²) in [4.78, 5) is 28.8. The van der Waals surface area contributed by atoms with E-state index in [1.165, 1.54) is 12.1 Å². The van der Waals surface area contributed by atoms with E-state index in [2.05, 4.69) is 5.32 Å². The first-order valence-electron chi connectivity index (χ1n) is 11.5. The molecule has 34 heavy (non-hydrogen) atoms. The molecular weight excluding hydrogens is 461 g/mol. The molecule has 2 aromatic rings. The standard InChI is InChI=1S/C25H29ClFN3O4/c26-18-3-1-17(2-4-18)14-30-12-11-29(10-9-24(30)32)15-21(31)16-34-23-13-19(27)5-8-22(23)25(33)28-20-6-7-20/h1-5,8,13,20-21,31H,6-7,9-12,14-16H2,(H,28,33). The van der Waals surface area contributed by atoms with Gasteiger partial charge in [0.15, 0.2) is 0 Å². The van der Waals surface area contributed by atoms with Crippen molar-refractivity contribution in [1.29, 1.82) is 0 Å². The van der Waals surface area contributed by atoms with Crippen LogP contribution in [0.4, 0.5) is 4.39 Å². The molecule has 1 saturated carbocycles. The molecule has 1 atom stereocenters. The highest BCUT2D eigenvalue weighted by Gasteiger charge is 2.26. The Morgan fingerprint density at radius 1 is 1.18 bits per heavy atom. The van der Waals surface area contributed by atoms with Crippen LogP contribution in [0.25, 0.3) is 0 Å². The Morgan fingerprint density at radius 2 is 1.94 bits per heavy atom. The highest BCUT2D eigenvalue weighted by molar-refractivity contribution is 6.30. The van der Waals surface area contributed by atoms with Crippen molar-refractivity contribution in [1.82, 2.24) is 15.1 Å². The van der Waals surface area contributed by atoms with Crippen LogP contribution < -0.4 is 10.1 Å². The number of aliphatic hydroxyl groups is 1. The van der Waals surface area contributed by atoms with Crippen molar-refractivity contribution in [3.63, 3.8) is 0 Å². The molecular formula is C25H29ClFN3O4. The average molecular weight is 490 g/mol. The van der Waals surface area contributed by atoms with Crippen LogP contribution in [0.15, 0.2) is 42.5 Å². The molecule has 1 aliphatic carbocycles. The zero-order chi connectivity index (χ0) is 24.1. The summed E-state index contributed by atoms with van der Waals surface area (Å²) in [6.45, 7) is 2.42. The third-order valence-corrected chi connectivity index (χ3v) is 6.22. The first-order chi connectivity index (χ1) is 16.4. The summed E-state index contributed by atoms with van der Waals surface area (Å²) < 4.78 is 19.4. The van der Waals surface area contributed by atoms with E-state index < -0.39 is 11.9 Å². The molecule has 0 bridgehead atoms. The minimum absolute atomic E-state index is 0.0641. The Bertz CT molecular complexity index is 1020. The van der Waals surface area contributed by atoms with Crippen LogP contribution in [-0.2, 0) is 11.3 Å². The topological polar surface area (TPSA) is 82.1 Å². The number of ether oxygens (including phenoxy) is 1. The number of hydrogen-bond acceptors (Lipinski definition) is 5. The summed E-state index contributed by atoms with van der Waals surface area (Å²) in [5.74, 6) is -0.648. The van der Waals surface area contributed by atoms with Gasteiger partial charge in [-0.2, -0.15) is 0 Å². The minimum atomic E-state index is -0.861. The number of nitrogens with zero attached hydrogens (tertiary/aromatic N) is 2. The van der Waals surface area contributed by atoms with Crippen LogP contribution in [-0.4, -0.2) is 71.7 Å². The molecule has 4 rings (SSSR count). The molecule has 2 N–H and O–H groups in total. The lowest BCUT2D eigenvalue weighted by Crippen LogP contribution is -2.38. The number of nitrogens with one attached hydrogen (secondary N) is 1. The van der Waals surface area contributed by atoms with Crippen LogP contribution in [0.3, 0.4) is 0 Å². The summed E-state index contributed by atoms with van der Waals surface area (Å²) >= 11 is 5.94. The van der Waals surface area contributed by atoms with Gasteiger partial charge in [0.1, 0.15) is 24.3 Å². The molecule has 1 aliphatic heterocycles. The molecule has 182 valence electrons. The highest BCUT2D eigenvalue weighted by Crippen LogP contribution is 2.24. The van der Waals surface area contributed by atoms with Crippen molar-refractivity contribution < 1.29 is 23.8 Å². The van der Waals surface area contributed by atoms with Gasteiger partial charge in [0, 0.05) is 56.3 Å². The molecule has 2 aliphatic rings. The number of rotatable bonds is 9. The maximum atomic E-state index is 13.8. The smallest absolute Gasteiger partial charge is 0.255 e. The van der Waals surface area contributed by atoms with Crippen LogP contribution in [0, 0.1) is 5.82 Å². The quantitative estimate of drug-likeness (QED) is 0.566. The van der Waals surface area contributed by atoms with Gasteiger partial charge < -0.3 is 20.1 Å². The predicted molar refractivity (Wildman–Crippen MR) is 126 cm³/mol. The lowest BCUT2D eigenvalue weighted by molar-refractivity contribution is -0.130. The zero-order valence-electron chi connectivity index (χ0n) is 18.9. The molecule has 0 spiro atoms. The zero-order valence-corrected chi connectivity index (χ0v) is 19.6. The predicted octanol–water partition coefficient (Wildman–Crippen LogP) is 2.85. The first kappa shape index (κ1) is 24.4. The molecule has 1 saturated heterocycles. The summed E-state index contributed by atoms with van der Waals surface area (Å²) in [7, 11) is 0. The second kappa shape index (κ2) is 11.2. The van der Waals surface area contributed by atoms with Gasteiger partial charge in [-0.25, -0.2) is 4.39 Å². The molecule has 1 heterocycles. The number of hydrogen-bond donors (Lipinski definition) is 2. The number of carbonyl (C=O) groups is 2. The van der Waals surface area contributed by atoms with E-state index >= 15 is 0 Å². The van der Waals surface area contributed by atoms with Crippen molar-refractivity contribution in [3.8, 4) is 5.75 Å². The number of halogens is 2. The lowest BCUT2D eigenvalue weighted by Gasteiger charge is -2.24. The fourth-order valence-electron chi connectivity index (χ4n) is 3.90. The van der Waals surface area contributed by atoms with Crippen molar-refractivity contribution in [3.05, 3.63) is 64.4 Å². The Labute approximate surface area is 203 Å². The van der Waals surface area contributed by atoms with E-state index in [-0.39, 0.29) is 35.8 Å². The number of aliphatic hydroxyl groups excluding tert-OH is 1. The van der Waals surface area contributed by atoms with Gasteiger partial charge in [-0.1, -0.05) is 23.7 Å². The monoisotopic (exact) mass is 489 g/mol. The number of β-amino-alcohol motifs (C(OH)–C–C–N with tert-alkyl or cyclic N) is 1. The summed E-state index contributed by atoms with van der Waals surface area (Å²) in [5.41, 5.74) is 1.26. The van der Waals surface area contributed by atoms with E-state index in [4.69, 9.17) is 16.3 Å². The third-order valence-electron chi connectivity index (χ3n) is 5.97. The first-order valence-corrected chi connectivity index (χ1v) is 11.9. The SMILES string of the molecule is O=C(NC1CC1)c1ccc(F)cc1OCC(O)CN1CCC(=O)N(Cc2ccc(Cl)cc2)CC1. The van der Waals surface area contributed by atoms with Crippen molar-refractivity contribution in [2.24, 2.45) is 0 Å². The Kier molecular flexibility index (Phi) is 8.03. The Morgan fingerprint density at radius 3 is 2.68 bits per heavy atom. The summed E-state index contributed by atoms with van der Waals surface area (Å²) in [6.07, 6.45) is 1.38. The van der Waals surface area contributed by atoms with Crippen LogP contribution >= 0.6 is 11.6 Å². The highest BCUT2D eigenvalue weighted by atomic mass is 35.5. The second-order valence-corrected chi connectivity index (χ2v) is 9.28.